The minimum Gasteiger partial charge on any atom is -0.389 e. The summed E-state index contributed by atoms with van der Waals surface area (Å²) in [7, 11) is 0. The minimum absolute atomic E-state index is 0.222. The SMILES string of the molecule is CC(C)(C)S[C@@H]1COC[C@H]1O. The molecule has 1 saturated heterocycles. The molecule has 1 aliphatic rings. The number of hydrogen-bond acceptors (Lipinski definition) is 3. The summed E-state index contributed by atoms with van der Waals surface area (Å²) in [4.78, 5) is 0. The molecule has 0 aromatic heterocycles. The Morgan fingerprint density at radius 2 is 2.00 bits per heavy atom. The van der Waals surface area contributed by atoms with Gasteiger partial charge in [-0.3, -0.25) is 0 Å². The van der Waals surface area contributed by atoms with Gasteiger partial charge in [0, 0.05) is 4.75 Å². The van der Waals surface area contributed by atoms with Gasteiger partial charge in [0.1, 0.15) is 0 Å². The zero-order chi connectivity index (χ0) is 8.48. The molecule has 1 rings (SSSR count). The second-order valence-corrected chi connectivity index (χ2v) is 5.94. The van der Waals surface area contributed by atoms with Gasteiger partial charge in [0.2, 0.25) is 0 Å². The summed E-state index contributed by atoms with van der Waals surface area (Å²) in [5, 5.41) is 9.68. The average molecular weight is 176 g/mol. The number of hydrogen-bond donors (Lipinski definition) is 1. The van der Waals surface area contributed by atoms with E-state index in [9.17, 15) is 5.11 Å². The average Bonchev–Trinajstić information content (AvgIpc) is 2.12. The third kappa shape index (κ3) is 3.01. The van der Waals surface area contributed by atoms with Crippen molar-refractivity contribution in [3.05, 3.63) is 0 Å². The van der Waals surface area contributed by atoms with Crippen molar-refractivity contribution in [1.29, 1.82) is 0 Å². The Labute approximate surface area is 72.3 Å². The van der Waals surface area contributed by atoms with E-state index in [0.717, 1.165) is 0 Å². The maximum atomic E-state index is 9.41. The van der Waals surface area contributed by atoms with E-state index >= 15 is 0 Å². The molecule has 66 valence electrons. The van der Waals surface area contributed by atoms with Gasteiger partial charge >= 0.3 is 0 Å². The van der Waals surface area contributed by atoms with Crippen LogP contribution in [0, 0.1) is 0 Å². The van der Waals surface area contributed by atoms with Gasteiger partial charge in [0.05, 0.1) is 24.6 Å². The Kier molecular flexibility index (Phi) is 2.84. The predicted octanol–water partition coefficient (Wildman–Crippen LogP) is 1.28. The van der Waals surface area contributed by atoms with Crippen molar-refractivity contribution in [2.75, 3.05) is 13.2 Å². The van der Waals surface area contributed by atoms with E-state index < -0.39 is 0 Å². The van der Waals surface area contributed by atoms with Gasteiger partial charge in [-0.05, 0) is 0 Å². The van der Waals surface area contributed by atoms with Gasteiger partial charge in [-0.25, -0.2) is 0 Å². The third-order valence-corrected chi connectivity index (χ3v) is 2.96. The van der Waals surface area contributed by atoms with Crippen LogP contribution >= 0.6 is 11.8 Å². The third-order valence-electron chi connectivity index (χ3n) is 1.50. The Morgan fingerprint density at radius 3 is 2.36 bits per heavy atom. The molecule has 1 fully saturated rings. The highest BCUT2D eigenvalue weighted by molar-refractivity contribution is 8.01. The van der Waals surface area contributed by atoms with E-state index in [4.69, 9.17) is 4.74 Å². The van der Waals surface area contributed by atoms with Gasteiger partial charge in [-0.2, -0.15) is 0 Å². The fourth-order valence-corrected chi connectivity index (χ4v) is 2.40. The normalized spacial score (nSPS) is 32.7. The summed E-state index contributed by atoms with van der Waals surface area (Å²) in [6, 6.07) is 0. The molecule has 2 nitrogen and oxygen atoms in total. The Balaban J connectivity index is 2.37. The van der Waals surface area contributed by atoms with Crippen LogP contribution in [0.25, 0.3) is 0 Å². The molecule has 0 spiro atoms. The van der Waals surface area contributed by atoms with Crippen molar-refractivity contribution in [3.8, 4) is 0 Å². The molecule has 0 saturated carbocycles. The number of thioether (sulfide) groups is 1. The molecule has 2 atom stereocenters. The first kappa shape index (κ1) is 9.36. The Morgan fingerprint density at radius 1 is 1.36 bits per heavy atom. The highest BCUT2D eigenvalue weighted by Gasteiger charge is 2.30. The van der Waals surface area contributed by atoms with E-state index in [0.29, 0.717) is 13.2 Å². The van der Waals surface area contributed by atoms with E-state index in [2.05, 4.69) is 20.8 Å². The van der Waals surface area contributed by atoms with E-state index in [1.807, 2.05) is 0 Å². The smallest absolute Gasteiger partial charge is 0.0914 e. The molecule has 0 aromatic carbocycles. The second-order valence-electron chi connectivity index (χ2n) is 3.87. The number of ether oxygens (including phenoxy) is 1. The van der Waals surface area contributed by atoms with Crippen molar-refractivity contribution in [1.82, 2.24) is 0 Å². The first-order valence-corrected chi connectivity index (χ1v) is 4.80. The van der Waals surface area contributed by atoms with Crippen LogP contribution in [0.3, 0.4) is 0 Å². The van der Waals surface area contributed by atoms with Crippen LogP contribution in [-0.2, 0) is 4.74 Å². The fraction of sp³-hybridized carbons (Fsp3) is 1.00. The molecule has 3 heteroatoms. The molecule has 0 unspecified atom stereocenters. The van der Waals surface area contributed by atoms with Gasteiger partial charge < -0.3 is 9.84 Å². The lowest BCUT2D eigenvalue weighted by Crippen LogP contribution is -2.25. The van der Waals surface area contributed by atoms with Crippen LogP contribution < -0.4 is 0 Å². The number of aliphatic hydroxyl groups is 1. The van der Waals surface area contributed by atoms with Crippen LogP contribution in [0.1, 0.15) is 20.8 Å². The fourth-order valence-electron chi connectivity index (χ4n) is 1.09. The standard InChI is InChI=1S/C8H16O2S/c1-8(2,3)11-7-5-10-4-6(7)9/h6-7,9H,4-5H2,1-3H3/t6-,7-/m1/s1. The topological polar surface area (TPSA) is 29.5 Å². The largest absolute Gasteiger partial charge is 0.389 e. The maximum Gasteiger partial charge on any atom is 0.0914 e. The van der Waals surface area contributed by atoms with Crippen LogP contribution in [0.2, 0.25) is 0 Å². The Bertz CT molecular complexity index is 131. The minimum atomic E-state index is -0.265. The summed E-state index contributed by atoms with van der Waals surface area (Å²) in [6.45, 7) is 7.67. The molecular formula is C8H16O2S. The molecule has 11 heavy (non-hydrogen) atoms. The first-order valence-electron chi connectivity index (χ1n) is 3.93. The zero-order valence-electron chi connectivity index (χ0n) is 7.33. The number of aliphatic hydroxyl groups excluding tert-OH is 1. The van der Waals surface area contributed by atoms with Gasteiger partial charge in [-0.15, -0.1) is 11.8 Å². The summed E-state index contributed by atoms with van der Waals surface area (Å²) in [5.74, 6) is 0. The van der Waals surface area contributed by atoms with Crippen LogP contribution in [0.15, 0.2) is 0 Å². The van der Waals surface area contributed by atoms with E-state index in [1.54, 1.807) is 11.8 Å². The van der Waals surface area contributed by atoms with Crippen molar-refractivity contribution in [3.63, 3.8) is 0 Å². The first-order chi connectivity index (χ1) is 4.99. The monoisotopic (exact) mass is 176 g/mol. The lowest BCUT2D eigenvalue weighted by Gasteiger charge is -2.23. The van der Waals surface area contributed by atoms with E-state index in [1.165, 1.54) is 0 Å². The highest BCUT2D eigenvalue weighted by Crippen LogP contribution is 2.32. The molecule has 1 aliphatic heterocycles. The Hall–Kier alpha value is 0.270. The van der Waals surface area contributed by atoms with Crippen molar-refractivity contribution < 1.29 is 9.84 Å². The molecule has 0 radical (unpaired) electrons. The van der Waals surface area contributed by atoms with Crippen molar-refractivity contribution >= 4 is 11.8 Å². The van der Waals surface area contributed by atoms with E-state index in [-0.39, 0.29) is 16.1 Å². The van der Waals surface area contributed by atoms with Gasteiger partial charge in [-0.1, -0.05) is 20.8 Å². The summed E-state index contributed by atoms with van der Waals surface area (Å²) in [5.41, 5.74) is 0. The molecule has 0 aromatic rings. The molecule has 1 heterocycles. The molecule has 0 amide bonds. The maximum absolute atomic E-state index is 9.41. The van der Waals surface area contributed by atoms with Crippen molar-refractivity contribution in [2.45, 2.75) is 36.9 Å². The summed E-state index contributed by atoms with van der Waals surface area (Å²) < 4.78 is 5.37. The number of rotatable bonds is 1. The van der Waals surface area contributed by atoms with Crippen LogP contribution in [-0.4, -0.2) is 34.4 Å². The van der Waals surface area contributed by atoms with Gasteiger partial charge in [0.15, 0.2) is 0 Å². The quantitative estimate of drug-likeness (QED) is 0.652. The summed E-state index contributed by atoms with van der Waals surface area (Å²) >= 11 is 1.80. The van der Waals surface area contributed by atoms with Gasteiger partial charge in [0.25, 0.3) is 0 Å². The molecule has 1 N–H and O–H groups in total. The summed E-state index contributed by atoms with van der Waals surface area (Å²) in [6.07, 6.45) is -0.265. The highest BCUT2D eigenvalue weighted by atomic mass is 32.2. The molecule has 0 bridgehead atoms. The van der Waals surface area contributed by atoms with Crippen LogP contribution in [0.5, 0.6) is 0 Å². The van der Waals surface area contributed by atoms with Crippen molar-refractivity contribution in [2.24, 2.45) is 0 Å². The molecule has 0 aliphatic carbocycles. The second kappa shape index (κ2) is 3.33. The zero-order valence-corrected chi connectivity index (χ0v) is 8.15. The molecular weight excluding hydrogens is 160 g/mol. The lowest BCUT2D eigenvalue weighted by atomic mass is 10.3. The van der Waals surface area contributed by atoms with Crippen LogP contribution in [0.4, 0.5) is 0 Å². The predicted molar refractivity (Wildman–Crippen MR) is 48.0 cm³/mol. The lowest BCUT2D eigenvalue weighted by molar-refractivity contribution is 0.127.